The third-order valence-electron chi connectivity index (χ3n) is 2.71. The Balaban J connectivity index is 2.49. The summed E-state index contributed by atoms with van der Waals surface area (Å²) in [6, 6.07) is 0. The van der Waals surface area contributed by atoms with Crippen LogP contribution in [0, 0.1) is 5.92 Å². The first kappa shape index (κ1) is 13.9. The van der Waals surface area contributed by atoms with Crippen LogP contribution in [0.15, 0.2) is 0 Å². The Hall–Kier alpha value is -0.140. The van der Waals surface area contributed by atoms with Crippen molar-refractivity contribution in [3.63, 3.8) is 0 Å². The fraction of sp³-hybridized carbons (Fsp3) is 0.889. The highest BCUT2D eigenvalue weighted by molar-refractivity contribution is 9.10. The molecule has 7 heteroatoms. The van der Waals surface area contributed by atoms with Gasteiger partial charge in [0.05, 0.1) is 0 Å². The summed E-state index contributed by atoms with van der Waals surface area (Å²) < 4.78 is 24.5. The summed E-state index contributed by atoms with van der Waals surface area (Å²) >= 11 is 2.97. The summed E-state index contributed by atoms with van der Waals surface area (Å²) in [5, 5.41) is 2.77. The van der Waals surface area contributed by atoms with Gasteiger partial charge in [-0.05, 0) is 19.8 Å². The molecule has 1 aliphatic rings. The molecule has 0 aromatic rings. The Morgan fingerprint density at radius 3 is 2.44 bits per heavy atom. The molecule has 0 bridgehead atoms. The van der Waals surface area contributed by atoms with Crippen LogP contribution in [0.5, 0.6) is 0 Å². The minimum atomic E-state index is -3.16. The maximum Gasteiger partial charge on any atom is 0.224 e. The topological polar surface area (TPSA) is 66.5 Å². The largest absolute Gasteiger partial charge is 0.356 e. The van der Waals surface area contributed by atoms with E-state index in [0.717, 1.165) is 0 Å². The summed E-state index contributed by atoms with van der Waals surface area (Å²) in [6.45, 7) is 3.38. The molecule has 1 saturated heterocycles. The Morgan fingerprint density at radius 1 is 1.44 bits per heavy atom. The van der Waals surface area contributed by atoms with Crippen molar-refractivity contribution in [2.45, 2.75) is 19.8 Å². The van der Waals surface area contributed by atoms with Crippen molar-refractivity contribution in [1.29, 1.82) is 0 Å². The quantitative estimate of drug-likeness (QED) is 0.769. The van der Waals surface area contributed by atoms with Crippen molar-refractivity contribution in [2.24, 2.45) is 5.92 Å². The zero-order chi connectivity index (χ0) is 12.2. The third kappa shape index (κ3) is 3.43. The second-order valence-corrected chi connectivity index (χ2v) is 7.06. The van der Waals surface area contributed by atoms with E-state index in [1.807, 2.05) is 6.92 Å². The van der Waals surface area contributed by atoms with Gasteiger partial charge in [-0.1, -0.05) is 15.9 Å². The fourth-order valence-electron chi connectivity index (χ4n) is 1.78. The summed E-state index contributed by atoms with van der Waals surface area (Å²) in [6.07, 6.45) is 1.22. The van der Waals surface area contributed by atoms with E-state index in [0.29, 0.717) is 32.5 Å². The second-order valence-electron chi connectivity index (χ2n) is 3.79. The number of nitrogens with one attached hydrogen (secondary N) is 1. The van der Waals surface area contributed by atoms with Crippen LogP contribution in [-0.4, -0.2) is 42.9 Å². The number of hydrogen-bond acceptors (Lipinski definition) is 3. The smallest absolute Gasteiger partial charge is 0.224 e. The number of nitrogens with zero attached hydrogens (tertiary/aromatic N) is 1. The molecule has 0 aromatic carbocycles. The van der Waals surface area contributed by atoms with E-state index in [1.54, 1.807) is 0 Å². The highest BCUT2D eigenvalue weighted by Gasteiger charge is 2.29. The average Bonchev–Trinajstić information content (AvgIpc) is 2.29. The molecule has 1 N–H and O–H groups in total. The van der Waals surface area contributed by atoms with Gasteiger partial charge in [-0.15, -0.1) is 0 Å². The van der Waals surface area contributed by atoms with Crippen molar-refractivity contribution < 1.29 is 13.2 Å². The van der Waals surface area contributed by atoms with Crippen LogP contribution >= 0.6 is 15.9 Å². The lowest BCUT2D eigenvalue weighted by molar-refractivity contribution is -0.125. The van der Waals surface area contributed by atoms with Gasteiger partial charge >= 0.3 is 0 Å². The molecule has 0 spiro atoms. The molecule has 0 unspecified atom stereocenters. The van der Waals surface area contributed by atoms with Crippen LogP contribution in [-0.2, 0) is 14.8 Å². The highest BCUT2D eigenvalue weighted by atomic mass is 79.9. The van der Waals surface area contributed by atoms with Crippen molar-refractivity contribution >= 4 is 31.9 Å². The van der Waals surface area contributed by atoms with Crippen LogP contribution in [0.25, 0.3) is 0 Å². The van der Waals surface area contributed by atoms with Gasteiger partial charge in [-0.3, -0.25) is 4.79 Å². The number of rotatable bonds is 4. The minimum Gasteiger partial charge on any atom is -0.356 e. The average molecular weight is 313 g/mol. The Labute approximate surface area is 105 Å². The first-order chi connectivity index (χ1) is 7.51. The van der Waals surface area contributed by atoms with E-state index in [9.17, 15) is 13.2 Å². The number of halogens is 1. The maximum absolute atomic E-state index is 11.5. The van der Waals surface area contributed by atoms with Gasteiger partial charge in [0.25, 0.3) is 0 Å². The first-order valence-corrected chi connectivity index (χ1v) is 8.05. The molecule has 1 heterocycles. The molecule has 0 aromatic heterocycles. The van der Waals surface area contributed by atoms with E-state index in [-0.39, 0.29) is 16.5 Å². The molecule has 5 nitrogen and oxygen atoms in total. The SMILES string of the molecule is CCNC(=O)C1CCN(S(=O)(=O)CBr)CC1. The summed E-state index contributed by atoms with van der Waals surface area (Å²) in [5.41, 5.74) is 0. The monoisotopic (exact) mass is 312 g/mol. The molecule has 1 rings (SSSR count). The number of carbonyl (C=O) groups excluding carboxylic acids is 1. The van der Waals surface area contributed by atoms with Crippen LogP contribution < -0.4 is 5.32 Å². The normalized spacial score (nSPS) is 19.6. The number of sulfonamides is 1. The molecule has 0 radical (unpaired) electrons. The van der Waals surface area contributed by atoms with E-state index in [1.165, 1.54) is 4.31 Å². The predicted octanol–water partition coefficient (Wildman–Crippen LogP) is 0.517. The van der Waals surface area contributed by atoms with E-state index in [4.69, 9.17) is 0 Å². The first-order valence-electron chi connectivity index (χ1n) is 5.32. The van der Waals surface area contributed by atoms with Gasteiger partial charge in [-0.2, -0.15) is 0 Å². The molecule has 1 amide bonds. The van der Waals surface area contributed by atoms with Crippen LogP contribution in [0.3, 0.4) is 0 Å². The Kier molecular flexibility index (Phi) is 5.20. The molecule has 1 aliphatic heterocycles. The summed E-state index contributed by atoms with van der Waals surface area (Å²) in [7, 11) is -3.16. The lowest BCUT2D eigenvalue weighted by atomic mass is 9.97. The Morgan fingerprint density at radius 2 is 2.00 bits per heavy atom. The predicted molar refractivity (Wildman–Crippen MR) is 65.7 cm³/mol. The van der Waals surface area contributed by atoms with Gasteiger partial charge in [0.1, 0.15) is 4.66 Å². The minimum absolute atomic E-state index is 0.0401. The van der Waals surface area contributed by atoms with Gasteiger partial charge in [0.15, 0.2) is 0 Å². The molecule has 1 fully saturated rings. The van der Waals surface area contributed by atoms with E-state index in [2.05, 4.69) is 21.2 Å². The van der Waals surface area contributed by atoms with Crippen LogP contribution in [0.1, 0.15) is 19.8 Å². The molecular weight excluding hydrogens is 296 g/mol. The number of hydrogen-bond donors (Lipinski definition) is 1. The highest BCUT2D eigenvalue weighted by Crippen LogP contribution is 2.20. The van der Waals surface area contributed by atoms with Crippen LogP contribution in [0.2, 0.25) is 0 Å². The van der Waals surface area contributed by atoms with Crippen molar-refractivity contribution in [1.82, 2.24) is 9.62 Å². The van der Waals surface area contributed by atoms with Crippen molar-refractivity contribution in [2.75, 3.05) is 24.3 Å². The fourth-order valence-corrected chi connectivity index (χ4v) is 3.56. The molecular formula is C9H17BrN2O3S. The van der Waals surface area contributed by atoms with Crippen LogP contribution in [0.4, 0.5) is 0 Å². The standard InChI is InChI=1S/C9H17BrN2O3S/c1-2-11-9(13)8-3-5-12(6-4-8)16(14,15)7-10/h8H,2-7H2,1H3,(H,11,13). The second kappa shape index (κ2) is 5.97. The Bertz CT molecular complexity index is 337. The molecule has 94 valence electrons. The lowest BCUT2D eigenvalue weighted by Crippen LogP contribution is -2.43. The maximum atomic E-state index is 11.5. The lowest BCUT2D eigenvalue weighted by Gasteiger charge is -2.29. The van der Waals surface area contributed by atoms with Gasteiger partial charge in [0.2, 0.25) is 15.9 Å². The number of alkyl halides is 1. The zero-order valence-electron chi connectivity index (χ0n) is 9.28. The summed E-state index contributed by atoms with van der Waals surface area (Å²) in [5.74, 6) is 0.000107. The van der Waals surface area contributed by atoms with Gasteiger partial charge in [0, 0.05) is 25.6 Å². The number of amides is 1. The zero-order valence-corrected chi connectivity index (χ0v) is 11.7. The third-order valence-corrected chi connectivity index (χ3v) is 5.87. The van der Waals surface area contributed by atoms with E-state index < -0.39 is 10.0 Å². The molecule has 16 heavy (non-hydrogen) atoms. The van der Waals surface area contributed by atoms with Crippen molar-refractivity contribution in [3.05, 3.63) is 0 Å². The van der Waals surface area contributed by atoms with Gasteiger partial charge in [-0.25, -0.2) is 12.7 Å². The number of carbonyl (C=O) groups is 1. The summed E-state index contributed by atoms with van der Waals surface area (Å²) in [4.78, 5) is 11.5. The molecule has 0 atom stereocenters. The molecule has 0 saturated carbocycles. The van der Waals surface area contributed by atoms with Crippen molar-refractivity contribution in [3.8, 4) is 0 Å². The van der Waals surface area contributed by atoms with E-state index >= 15 is 0 Å². The molecule has 0 aliphatic carbocycles. The van der Waals surface area contributed by atoms with Gasteiger partial charge < -0.3 is 5.32 Å². The number of piperidine rings is 1.